The molecule has 0 saturated heterocycles. The molecule has 1 atom stereocenters. The lowest BCUT2D eigenvalue weighted by atomic mass is 10.2. The number of rotatable bonds is 10. The van der Waals surface area contributed by atoms with E-state index >= 15 is 0 Å². The van der Waals surface area contributed by atoms with E-state index in [1.165, 1.54) is 31.4 Å². The predicted octanol–water partition coefficient (Wildman–Crippen LogP) is 3.80. The minimum Gasteiger partial charge on any atom is -0.389 e. The molecular formula is C15H23FINO2. The average molecular weight is 395 g/mol. The molecule has 0 amide bonds. The van der Waals surface area contributed by atoms with Crippen LogP contribution in [0.15, 0.2) is 18.2 Å². The predicted molar refractivity (Wildman–Crippen MR) is 88.6 cm³/mol. The number of anilines is 1. The van der Waals surface area contributed by atoms with Crippen LogP contribution < -0.4 is 5.32 Å². The molecule has 114 valence electrons. The van der Waals surface area contributed by atoms with Gasteiger partial charge < -0.3 is 15.2 Å². The Labute approximate surface area is 134 Å². The van der Waals surface area contributed by atoms with Gasteiger partial charge in [0.05, 0.1) is 12.7 Å². The summed E-state index contributed by atoms with van der Waals surface area (Å²) >= 11 is 2.06. The van der Waals surface area contributed by atoms with Gasteiger partial charge in [0.2, 0.25) is 0 Å². The minimum absolute atomic E-state index is 0.254. The summed E-state index contributed by atoms with van der Waals surface area (Å²) < 4.78 is 19.2. The molecule has 0 radical (unpaired) electrons. The average Bonchev–Trinajstić information content (AvgIpc) is 2.41. The molecule has 20 heavy (non-hydrogen) atoms. The van der Waals surface area contributed by atoms with E-state index in [1.807, 2.05) is 0 Å². The van der Waals surface area contributed by atoms with E-state index in [0.717, 1.165) is 15.7 Å². The molecule has 0 aliphatic carbocycles. The lowest BCUT2D eigenvalue weighted by molar-refractivity contribution is 0.0416. The van der Waals surface area contributed by atoms with E-state index in [2.05, 4.69) is 34.8 Å². The Kier molecular flexibility index (Phi) is 9.13. The molecule has 3 nitrogen and oxygen atoms in total. The molecule has 0 heterocycles. The summed E-state index contributed by atoms with van der Waals surface area (Å²) in [5, 5.41) is 12.9. The van der Waals surface area contributed by atoms with Gasteiger partial charge in [-0.3, -0.25) is 0 Å². The third-order valence-corrected chi connectivity index (χ3v) is 3.80. The molecule has 0 bridgehead atoms. The van der Waals surface area contributed by atoms with Crippen LogP contribution in [-0.4, -0.2) is 31.0 Å². The molecule has 2 N–H and O–H groups in total. The van der Waals surface area contributed by atoms with Crippen molar-refractivity contribution in [2.24, 2.45) is 0 Å². The van der Waals surface area contributed by atoms with Crippen LogP contribution in [0.2, 0.25) is 0 Å². The third-order valence-electron chi connectivity index (χ3n) is 2.91. The molecule has 0 aliphatic heterocycles. The zero-order chi connectivity index (χ0) is 14.8. The van der Waals surface area contributed by atoms with Crippen LogP contribution in [0.4, 0.5) is 10.1 Å². The topological polar surface area (TPSA) is 41.5 Å². The van der Waals surface area contributed by atoms with Crippen LogP contribution in [-0.2, 0) is 4.74 Å². The van der Waals surface area contributed by atoms with Crippen LogP contribution in [0, 0.1) is 9.39 Å². The highest BCUT2D eigenvalue weighted by molar-refractivity contribution is 14.1. The minimum atomic E-state index is -0.554. The van der Waals surface area contributed by atoms with Crippen molar-refractivity contribution in [3.63, 3.8) is 0 Å². The van der Waals surface area contributed by atoms with E-state index in [-0.39, 0.29) is 5.82 Å². The first-order chi connectivity index (χ1) is 9.63. The van der Waals surface area contributed by atoms with Crippen LogP contribution in [0.5, 0.6) is 0 Å². The van der Waals surface area contributed by atoms with Crippen molar-refractivity contribution in [1.29, 1.82) is 0 Å². The zero-order valence-corrected chi connectivity index (χ0v) is 14.0. The van der Waals surface area contributed by atoms with Crippen molar-refractivity contribution in [2.75, 3.05) is 25.1 Å². The summed E-state index contributed by atoms with van der Waals surface area (Å²) in [4.78, 5) is 0. The number of benzene rings is 1. The van der Waals surface area contributed by atoms with Crippen molar-refractivity contribution in [3.8, 4) is 0 Å². The van der Waals surface area contributed by atoms with Crippen LogP contribution >= 0.6 is 22.6 Å². The smallest absolute Gasteiger partial charge is 0.124 e. The van der Waals surface area contributed by atoms with Crippen LogP contribution in [0.25, 0.3) is 0 Å². The van der Waals surface area contributed by atoms with Gasteiger partial charge >= 0.3 is 0 Å². The maximum absolute atomic E-state index is 12.9. The van der Waals surface area contributed by atoms with E-state index in [4.69, 9.17) is 4.74 Å². The van der Waals surface area contributed by atoms with Crippen molar-refractivity contribution >= 4 is 28.3 Å². The highest BCUT2D eigenvalue weighted by atomic mass is 127. The number of unbranched alkanes of at least 4 members (excludes halogenated alkanes) is 3. The van der Waals surface area contributed by atoms with Gasteiger partial charge in [0.1, 0.15) is 5.82 Å². The monoisotopic (exact) mass is 395 g/mol. The van der Waals surface area contributed by atoms with Gasteiger partial charge in [0.15, 0.2) is 0 Å². The lowest BCUT2D eigenvalue weighted by Gasteiger charge is -2.14. The number of hydrogen-bond donors (Lipinski definition) is 2. The van der Waals surface area contributed by atoms with Gasteiger partial charge in [0.25, 0.3) is 0 Å². The molecule has 1 aromatic carbocycles. The fraction of sp³-hybridized carbons (Fsp3) is 0.600. The largest absolute Gasteiger partial charge is 0.389 e. The Balaban J connectivity index is 2.14. The van der Waals surface area contributed by atoms with E-state index in [9.17, 15) is 9.50 Å². The van der Waals surface area contributed by atoms with E-state index in [1.54, 1.807) is 6.07 Å². The summed E-state index contributed by atoms with van der Waals surface area (Å²) in [6.45, 7) is 3.60. The molecular weight excluding hydrogens is 372 g/mol. The van der Waals surface area contributed by atoms with Crippen molar-refractivity contribution in [2.45, 2.75) is 38.7 Å². The number of hydrogen-bond acceptors (Lipinski definition) is 3. The molecule has 0 aliphatic rings. The Hall–Kier alpha value is -0.400. The van der Waals surface area contributed by atoms with Crippen LogP contribution in [0.3, 0.4) is 0 Å². The summed E-state index contributed by atoms with van der Waals surface area (Å²) in [6.07, 6.45) is 4.11. The first kappa shape index (κ1) is 17.7. The molecule has 1 unspecified atom stereocenters. The molecule has 1 rings (SSSR count). The molecule has 5 heteroatoms. The summed E-state index contributed by atoms with van der Waals surface area (Å²) in [6, 6.07) is 4.54. The summed E-state index contributed by atoms with van der Waals surface area (Å²) in [5.74, 6) is -0.254. The second-order valence-electron chi connectivity index (χ2n) is 4.79. The normalized spacial score (nSPS) is 12.4. The van der Waals surface area contributed by atoms with Crippen molar-refractivity contribution < 1.29 is 14.2 Å². The number of ether oxygens (including phenoxy) is 1. The number of aliphatic hydroxyl groups is 1. The lowest BCUT2D eigenvalue weighted by Crippen LogP contribution is -2.25. The highest BCUT2D eigenvalue weighted by Crippen LogP contribution is 2.18. The number of nitrogens with one attached hydrogen (secondary N) is 1. The molecule has 0 fully saturated rings. The van der Waals surface area contributed by atoms with Crippen molar-refractivity contribution in [3.05, 3.63) is 27.6 Å². The molecule has 0 aromatic heterocycles. The maximum atomic E-state index is 12.9. The Morgan fingerprint density at radius 1 is 1.35 bits per heavy atom. The Morgan fingerprint density at radius 3 is 2.85 bits per heavy atom. The van der Waals surface area contributed by atoms with E-state index < -0.39 is 6.10 Å². The highest BCUT2D eigenvalue weighted by Gasteiger charge is 2.06. The standard InChI is InChI=1S/C15H23FINO2/c1-2-3-4-5-8-20-11-13(19)10-18-15-7-6-12(16)9-14(15)17/h6-7,9,13,18-19H,2-5,8,10-11H2,1H3. The van der Waals surface area contributed by atoms with Gasteiger partial charge in [-0.05, 0) is 47.2 Å². The Bertz CT molecular complexity index is 390. The van der Waals surface area contributed by atoms with Gasteiger partial charge in [0, 0.05) is 22.4 Å². The quantitative estimate of drug-likeness (QED) is 0.468. The molecule has 0 saturated carbocycles. The second-order valence-corrected chi connectivity index (χ2v) is 5.96. The zero-order valence-electron chi connectivity index (χ0n) is 11.9. The van der Waals surface area contributed by atoms with E-state index in [0.29, 0.717) is 19.8 Å². The maximum Gasteiger partial charge on any atom is 0.124 e. The first-order valence-electron chi connectivity index (χ1n) is 7.08. The van der Waals surface area contributed by atoms with Gasteiger partial charge in [-0.1, -0.05) is 26.2 Å². The summed E-state index contributed by atoms with van der Waals surface area (Å²) in [7, 11) is 0. The second kappa shape index (κ2) is 10.3. The fourth-order valence-electron chi connectivity index (χ4n) is 1.77. The van der Waals surface area contributed by atoms with Gasteiger partial charge in [-0.2, -0.15) is 0 Å². The fourth-order valence-corrected chi connectivity index (χ4v) is 2.44. The first-order valence-corrected chi connectivity index (χ1v) is 8.16. The number of halogens is 2. The van der Waals surface area contributed by atoms with Gasteiger partial charge in [-0.25, -0.2) is 4.39 Å². The molecule has 0 spiro atoms. The van der Waals surface area contributed by atoms with Crippen molar-refractivity contribution in [1.82, 2.24) is 0 Å². The summed E-state index contributed by atoms with van der Waals surface area (Å²) in [5.41, 5.74) is 0.828. The van der Waals surface area contributed by atoms with Gasteiger partial charge in [-0.15, -0.1) is 0 Å². The SMILES string of the molecule is CCCCCCOCC(O)CNc1ccc(F)cc1I. The third kappa shape index (κ3) is 7.40. The number of aliphatic hydroxyl groups excluding tert-OH is 1. The molecule has 1 aromatic rings. The Morgan fingerprint density at radius 2 is 2.15 bits per heavy atom. The van der Waals surface area contributed by atoms with Crippen LogP contribution in [0.1, 0.15) is 32.6 Å².